The number of methoxy groups -OCH3 is 1. The highest BCUT2D eigenvalue weighted by Crippen LogP contribution is 2.50. The lowest BCUT2D eigenvalue weighted by atomic mass is 9.63. The van der Waals surface area contributed by atoms with Crippen LogP contribution < -0.4 is 10.1 Å². The second-order valence-electron chi connectivity index (χ2n) is 12.6. The fourth-order valence-electron chi connectivity index (χ4n) is 6.11. The van der Waals surface area contributed by atoms with Crippen LogP contribution in [0, 0.1) is 17.3 Å². The number of carbonyl (C=O) groups excluding carboxylic acids is 1. The van der Waals surface area contributed by atoms with Gasteiger partial charge in [0.15, 0.2) is 0 Å². The van der Waals surface area contributed by atoms with Gasteiger partial charge in [0, 0.05) is 10.9 Å². The second kappa shape index (κ2) is 10.5. The summed E-state index contributed by atoms with van der Waals surface area (Å²) in [5.74, 6) is -5.02. The van der Waals surface area contributed by atoms with Crippen LogP contribution in [0.15, 0.2) is 59.2 Å². The summed E-state index contributed by atoms with van der Waals surface area (Å²) < 4.78 is 54.7. The van der Waals surface area contributed by atoms with Gasteiger partial charge in [0.25, 0.3) is 5.91 Å². The zero-order valence-corrected chi connectivity index (χ0v) is 24.0. The van der Waals surface area contributed by atoms with Crippen molar-refractivity contribution in [2.45, 2.75) is 77.4 Å². The van der Waals surface area contributed by atoms with E-state index in [0.29, 0.717) is 17.3 Å². The summed E-state index contributed by atoms with van der Waals surface area (Å²) in [4.78, 5) is 13.2. The van der Waals surface area contributed by atoms with E-state index in [4.69, 9.17) is 18.5 Å². The Labute approximate surface area is 234 Å². The standard InChI is InChI=1S/C31H38BF2NO5/c1-19-15-22(29(2,3)4)17-26-30(19,5)40-32(39-26)27(16-20-18-38-25-10-8-7-9-24(20)25)35-28(36)31(33,34)21-11-13-23(37-6)14-12-21/h7-14,18-19,22,26-27H,15-17H2,1-6H3,(H,35,36)/t19-,22+,26-,27+,30+/m1/s1. The molecule has 2 aromatic carbocycles. The van der Waals surface area contributed by atoms with Crippen LogP contribution in [0.3, 0.4) is 0 Å². The van der Waals surface area contributed by atoms with Crippen LogP contribution >= 0.6 is 0 Å². The number of ether oxygens (including phenoxy) is 1. The molecule has 0 unspecified atom stereocenters. The fourth-order valence-corrected chi connectivity index (χ4v) is 6.11. The van der Waals surface area contributed by atoms with Crippen LogP contribution in [-0.2, 0) is 26.4 Å². The van der Waals surface area contributed by atoms with Gasteiger partial charge in [-0.1, -0.05) is 45.9 Å². The van der Waals surface area contributed by atoms with E-state index in [1.54, 1.807) is 6.26 Å². The number of hydrogen-bond acceptors (Lipinski definition) is 5. The number of amides is 1. The van der Waals surface area contributed by atoms with E-state index in [-0.39, 0.29) is 23.9 Å². The number of alkyl halides is 2. The fraction of sp³-hybridized carbons (Fsp3) is 0.516. The quantitative estimate of drug-likeness (QED) is 0.336. The predicted octanol–water partition coefficient (Wildman–Crippen LogP) is 6.55. The third-order valence-electron chi connectivity index (χ3n) is 9.03. The largest absolute Gasteiger partial charge is 0.497 e. The van der Waals surface area contributed by atoms with E-state index >= 15 is 8.78 Å². The van der Waals surface area contributed by atoms with Gasteiger partial charge in [-0.3, -0.25) is 4.79 Å². The third-order valence-corrected chi connectivity index (χ3v) is 9.03. The van der Waals surface area contributed by atoms with Gasteiger partial charge in [0.1, 0.15) is 11.3 Å². The Hall–Kier alpha value is -2.91. The van der Waals surface area contributed by atoms with Gasteiger partial charge in [-0.2, -0.15) is 8.78 Å². The van der Waals surface area contributed by atoms with Crippen molar-refractivity contribution < 1.29 is 32.0 Å². The minimum atomic E-state index is -3.77. The van der Waals surface area contributed by atoms with Crippen molar-refractivity contribution in [1.82, 2.24) is 5.32 Å². The Kier molecular flexibility index (Phi) is 7.51. The highest BCUT2D eigenvalue weighted by atomic mass is 19.3. The van der Waals surface area contributed by atoms with Crippen molar-refractivity contribution in [1.29, 1.82) is 0 Å². The first-order valence-electron chi connectivity index (χ1n) is 13.9. The molecule has 1 N–H and O–H groups in total. The zero-order valence-electron chi connectivity index (χ0n) is 24.0. The number of carbonyl (C=O) groups is 1. The number of hydrogen-bond donors (Lipinski definition) is 1. The Morgan fingerprint density at radius 1 is 1.15 bits per heavy atom. The molecular formula is C31H38BF2NO5. The molecule has 5 atom stereocenters. The molecule has 1 aliphatic heterocycles. The van der Waals surface area contributed by atoms with Crippen molar-refractivity contribution in [2.24, 2.45) is 17.3 Å². The molecule has 2 aliphatic rings. The number of nitrogens with one attached hydrogen (secondary N) is 1. The summed E-state index contributed by atoms with van der Waals surface area (Å²) in [5.41, 5.74) is 0.546. The molecule has 0 radical (unpaired) electrons. The maximum atomic E-state index is 15.4. The molecule has 6 nitrogen and oxygen atoms in total. The first-order valence-corrected chi connectivity index (χ1v) is 13.9. The van der Waals surface area contributed by atoms with Gasteiger partial charge >= 0.3 is 13.0 Å². The molecule has 1 aromatic heterocycles. The third kappa shape index (κ3) is 5.26. The molecule has 5 rings (SSSR count). The molecule has 1 saturated carbocycles. The van der Waals surface area contributed by atoms with Gasteiger partial charge in [-0.25, -0.2) is 0 Å². The van der Waals surface area contributed by atoms with Crippen molar-refractivity contribution in [3.63, 3.8) is 0 Å². The van der Waals surface area contributed by atoms with Crippen molar-refractivity contribution in [2.75, 3.05) is 7.11 Å². The topological polar surface area (TPSA) is 69.9 Å². The Bertz CT molecular complexity index is 1350. The second-order valence-corrected chi connectivity index (χ2v) is 12.6. The number of furan rings is 1. The smallest absolute Gasteiger partial charge is 0.482 e. The summed E-state index contributed by atoms with van der Waals surface area (Å²) in [6.45, 7) is 10.9. The van der Waals surface area contributed by atoms with Crippen LogP contribution in [0.5, 0.6) is 5.75 Å². The molecule has 1 saturated heterocycles. The van der Waals surface area contributed by atoms with Crippen LogP contribution in [0.25, 0.3) is 11.0 Å². The lowest BCUT2D eigenvalue weighted by molar-refractivity contribution is -0.147. The summed E-state index contributed by atoms with van der Waals surface area (Å²) in [5, 5.41) is 3.45. The van der Waals surface area contributed by atoms with E-state index in [2.05, 4.69) is 33.0 Å². The number of rotatable bonds is 7. The average molecular weight is 553 g/mol. The molecule has 1 amide bonds. The first kappa shape index (κ1) is 28.6. The van der Waals surface area contributed by atoms with Gasteiger partial charge in [0.2, 0.25) is 0 Å². The highest BCUT2D eigenvalue weighted by molar-refractivity contribution is 6.48. The number of para-hydroxylation sites is 1. The zero-order chi connectivity index (χ0) is 28.9. The van der Waals surface area contributed by atoms with Crippen LogP contribution in [0.4, 0.5) is 8.78 Å². The molecule has 1 aliphatic carbocycles. The number of benzene rings is 2. The normalized spacial score (nSPS) is 26.0. The van der Waals surface area contributed by atoms with Crippen LogP contribution in [0.2, 0.25) is 0 Å². The van der Waals surface area contributed by atoms with Gasteiger partial charge in [-0.05, 0) is 79.3 Å². The Balaban J connectivity index is 1.44. The molecule has 0 spiro atoms. The monoisotopic (exact) mass is 553 g/mol. The molecule has 3 aromatic rings. The predicted molar refractivity (Wildman–Crippen MR) is 150 cm³/mol. The lowest BCUT2D eigenvalue weighted by Crippen LogP contribution is -2.53. The van der Waals surface area contributed by atoms with E-state index in [0.717, 1.165) is 23.8 Å². The maximum absolute atomic E-state index is 15.4. The van der Waals surface area contributed by atoms with Crippen molar-refractivity contribution in [3.8, 4) is 5.75 Å². The molecule has 40 heavy (non-hydrogen) atoms. The Morgan fingerprint density at radius 2 is 1.85 bits per heavy atom. The highest BCUT2D eigenvalue weighted by Gasteiger charge is 2.58. The van der Waals surface area contributed by atoms with Gasteiger partial charge in [0.05, 0.1) is 31.0 Å². The summed E-state index contributed by atoms with van der Waals surface area (Å²) >= 11 is 0. The molecule has 2 fully saturated rings. The van der Waals surface area contributed by atoms with E-state index in [1.807, 2.05) is 31.2 Å². The number of halogens is 2. The average Bonchev–Trinajstić information content (AvgIpc) is 3.49. The molecular weight excluding hydrogens is 515 g/mol. The summed E-state index contributed by atoms with van der Waals surface area (Å²) in [7, 11) is 0.550. The summed E-state index contributed by atoms with van der Waals surface area (Å²) in [6, 6.07) is 12.7. The Morgan fingerprint density at radius 3 is 2.52 bits per heavy atom. The molecule has 0 bridgehead atoms. The molecule has 9 heteroatoms. The van der Waals surface area contributed by atoms with E-state index in [9.17, 15) is 4.79 Å². The minimum absolute atomic E-state index is 0.0980. The van der Waals surface area contributed by atoms with E-state index < -0.39 is 36.1 Å². The minimum Gasteiger partial charge on any atom is -0.497 e. The lowest BCUT2D eigenvalue weighted by Gasteiger charge is -2.47. The van der Waals surface area contributed by atoms with Crippen molar-refractivity contribution >= 4 is 24.0 Å². The van der Waals surface area contributed by atoms with Crippen LogP contribution in [0.1, 0.15) is 58.6 Å². The number of fused-ring (bicyclic) bond motifs is 2. The maximum Gasteiger partial charge on any atom is 0.482 e. The van der Waals surface area contributed by atoms with Gasteiger partial charge < -0.3 is 23.8 Å². The summed E-state index contributed by atoms with van der Waals surface area (Å²) in [6.07, 6.45) is 3.37. The molecule has 2 heterocycles. The van der Waals surface area contributed by atoms with Crippen LogP contribution in [-0.4, -0.2) is 37.8 Å². The van der Waals surface area contributed by atoms with E-state index in [1.165, 1.54) is 31.4 Å². The molecule has 214 valence electrons. The van der Waals surface area contributed by atoms with Gasteiger partial charge in [-0.15, -0.1) is 0 Å². The van der Waals surface area contributed by atoms with Crippen molar-refractivity contribution in [3.05, 3.63) is 65.9 Å². The SMILES string of the molecule is COc1ccc(C(F)(F)C(=O)N[C@@H](Cc2coc3ccccc23)B2O[C@@H]3C[C@@H](C(C)(C)C)C[C@@H](C)[C@]3(C)O2)cc1. The first-order chi connectivity index (χ1) is 18.8.